The van der Waals surface area contributed by atoms with Crippen LogP contribution in [-0.2, 0) is 11.3 Å². The van der Waals surface area contributed by atoms with Gasteiger partial charge in [-0.2, -0.15) is 0 Å². The monoisotopic (exact) mass is 508 g/mol. The molecule has 3 aromatic rings. The van der Waals surface area contributed by atoms with Crippen LogP contribution in [0.2, 0.25) is 0 Å². The number of ether oxygens (including phenoxy) is 1. The van der Waals surface area contributed by atoms with Crippen LogP contribution < -0.4 is 4.74 Å². The van der Waals surface area contributed by atoms with Gasteiger partial charge in [-0.15, -0.1) is 6.42 Å². The van der Waals surface area contributed by atoms with E-state index in [1.807, 2.05) is 36.5 Å². The number of terminal acetylenes is 1. The Bertz CT molecular complexity index is 1300. The molecule has 2 aromatic carbocycles. The van der Waals surface area contributed by atoms with Gasteiger partial charge < -0.3 is 9.30 Å². The van der Waals surface area contributed by atoms with E-state index in [1.165, 1.54) is 11.1 Å². The number of imide groups is 1. The molecule has 0 atom stereocenters. The lowest BCUT2D eigenvalue weighted by Crippen LogP contribution is -2.28. The van der Waals surface area contributed by atoms with E-state index in [0.29, 0.717) is 18.1 Å². The maximum Gasteiger partial charge on any atom is 0.294 e. The second kappa shape index (κ2) is 9.27. The molecule has 1 aromatic heterocycles. The predicted octanol–water partition coefficient (Wildman–Crippen LogP) is 5.77. The Morgan fingerprint density at radius 3 is 2.72 bits per heavy atom. The van der Waals surface area contributed by atoms with Gasteiger partial charge in [-0.25, -0.2) is 0 Å². The zero-order valence-corrected chi connectivity index (χ0v) is 20.1. The largest absolute Gasteiger partial charge is 0.492 e. The molecule has 1 fully saturated rings. The lowest BCUT2D eigenvalue weighted by Gasteiger charge is -2.10. The summed E-state index contributed by atoms with van der Waals surface area (Å²) in [5.41, 5.74) is 4.31. The minimum absolute atomic E-state index is 0.0227. The van der Waals surface area contributed by atoms with Gasteiger partial charge in [0.2, 0.25) is 0 Å². The average Bonchev–Trinajstić information content (AvgIpc) is 3.22. The van der Waals surface area contributed by atoms with Crippen molar-refractivity contribution in [2.45, 2.75) is 20.4 Å². The van der Waals surface area contributed by atoms with Crippen LogP contribution in [0, 0.1) is 26.2 Å². The number of carbonyl (C=O) groups is 2. The average molecular weight is 509 g/mol. The van der Waals surface area contributed by atoms with Gasteiger partial charge in [0.1, 0.15) is 12.4 Å². The van der Waals surface area contributed by atoms with Crippen LogP contribution in [0.5, 0.6) is 5.75 Å². The van der Waals surface area contributed by atoms with Gasteiger partial charge in [0.05, 0.1) is 18.0 Å². The zero-order chi connectivity index (χ0) is 22.8. The zero-order valence-electron chi connectivity index (χ0n) is 17.7. The highest BCUT2D eigenvalue weighted by atomic mass is 79.9. The Balaban J connectivity index is 1.60. The molecule has 4 rings (SSSR count). The quantitative estimate of drug-likeness (QED) is 0.313. The predicted molar refractivity (Wildman–Crippen MR) is 133 cm³/mol. The van der Waals surface area contributed by atoms with E-state index in [0.717, 1.165) is 43.4 Å². The van der Waals surface area contributed by atoms with Crippen LogP contribution in [0.4, 0.5) is 4.79 Å². The highest BCUT2D eigenvalue weighted by Gasteiger charge is 2.34. The van der Waals surface area contributed by atoms with Crippen molar-refractivity contribution in [1.82, 2.24) is 9.47 Å². The molecule has 1 aliphatic heterocycles. The van der Waals surface area contributed by atoms with Crippen molar-refractivity contribution in [3.05, 3.63) is 68.7 Å². The SMILES string of the molecule is C#CCN1C(=O)S/C(=C\c2cn(CCOc3ccc(C)c(C)c3)c3ccc(Br)cc23)C1=O. The number of thioether (sulfide) groups is 1. The Labute approximate surface area is 199 Å². The molecule has 1 saturated heterocycles. The van der Waals surface area contributed by atoms with Crippen LogP contribution in [0.3, 0.4) is 0 Å². The van der Waals surface area contributed by atoms with Crippen molar-refractivity contribution in [2.75, 3.05) is 13.2 Å². The third kappa shape index (κ3) is 4.47. The molecule has 1 aliphatic rings. The van der Waals surface area contributed by atoms with Crippen LogP contribution in [-0.4, -0.2) is 33.8 Å². The van der Waals surface area contributed by atoms with Crippen molar-refractivity contribution in [3.8, 4) is 18.1 Å². The smallest absolute Gasteiger partial charge is 0.294 e. The van der Waals surface area contributed by atoms with E-state index < -0.39 is 0 Å². The van der Waals surface area contributed by atoms with E-state index in [9.17, 15) is 9.59 Å². The number of fused-ring (bicyclic) bond motifs is 1. The maximum absolute atomic E-state index is 12.6. The number of halogens is 1. The standard InChI is InChI=1S/C25H21BrN2O3S/c1-4-9-28-24(29)23(32-25(28)30)13-18-15-27(22-8-6-19(26)14-21(18)22)10-11-31-20-7-5-16(2)17(3)12-20/h1,5-8,12-15H,9-11H2,2-3H3/b23-13-. The normalized spacial score (nSPS) is 15.1. The maximum atomic E-state index is 12.6. The Morgan fingerprint density at radius 1 is 1.16 bits per heavy atom. The van der Waals surface area contributed by atoms with E-state index in [-0.39, 0.29) is 17.7 Å². The van der Waals surface area contributed by atoms with Gasteiger partial charge in [0, 0.05) is 27.1 Å². The van der Waals surface area contributed by atoms with Crippen LogP contribution in [0.25, 0.3) is 17.0 Å². The van der Waals surface area contributed by atoms with Gasteiger partial charge in [0.25, 0.3) is 11.1 Å². The van der Waals surface area contributed by atoms with Crippen molar-refractivity contribution < 1.29 is 14.3 Å². The van der Waals surface area contributed by atoms with Crippen LogP contribution in [0.15, 0.2) is 52.0 Å². The van der Waals surface area contributed by atoms with Gasteiger partial charge in [-0.1, -0.05) is 27.9 Å². The van der Waals surface area contributed by atoms with Crippen LogP contribution >= 0.6 is 27.7 Å². The number of amides is 2. The molecule has 0 saturated carbocycles. The number of benzene rings is 2. The van der Waals surface area contributed by atoms with Gasteiger partial charge >= 0.3 is 0 Å². The third-order valence-electron chi connectivity index (χ3n) is 5.36. The highest BCUT2D eigenvalue weighted by molar-refractivity contribution is 9.10. The molecular formula is C25H21BrN2O3S. The summed E-state index contributed by atoms with van der Waals surface area (Å²) in [6.45, 7) is 5.26. The number of rotatable bonds is 6. The molecule has 0 aliphatic carbocycles. The summed E-state index contributed by atoms with van der Waals surface area (Å²) in [6.07, 6.45) is 9.03. The number of hydrogen-bond donors (Lipinski definition) is 0. The second-order valence-corrected chi connectivity index (χ2v) is 9.41. The number of carbonyl (C=O) groups excluding carboxylic acids is 2. The fourth-order valence-electron chi connectivity index (χ4n) is 3.53. The van der Waals surface area contributed by atoms with E-state index >= 15 is 0 Å². The molecule has 0 spiro atoms. The first kappa shape index (κ1) is 22.3. The van der Waals surface area contributed by atoms with E-state index in [2.05, 4.69) is 46.3 Å². The van der Waals surface area contributed by atoms with Gasteiger partial charge in [-0.05, 0) is 73.1 Å². The summed E-state index contributed by atoms with van der Waals surface area (Å²) in [6, 6.07) is 12.1. The minimum atomic E-state index is -0.355. The molecule has 5 nitrogen and oxygen atoms in total. The molecule has 0 bridgehead atoms. The summed E-state index contributed by atoms with van der Waals surface area (Å²) in [7, 11) is 0. The molecule has 2 heterocycles. The molecular weight excluding hydrogens is 488 g/mol. The molecule has 0 N–H and O–H groups in total. The highest BCUT2D eigenvalue weighted by Crippen LogP contribution is 2.34. The molecule has 0 radical (unpaired) electrons. The fraction of sp³-hybridized carbons (Fsp3) is 0.200. The van der Waals surface area contributed by atoms with Gasteiger partial charge in [0.15, 0.2) is 0 Å². The first-order valence-electron chi connectivity index (χ1n) is 10.0. The lowest BCUT2D eigenvalue weighted by atomic mass is 10.1. The molecule has 162 valence electrons. The topological polar surface area (TPSA) is 51.5 Å². The van der Waals surface area contributed by atoms with Crippen molar-refractivity contribution in [1.29, 1.82) is 0 Å². The summed E-state index contributed by atoms with van der Waals surface area (Å²) < 4.78 is 8.99. The molecule has 0 unspecified atom stereocenters. The first-order chi connectivity index (χ1) is 15.4. The third-order valence-corrected chi connectivity index (χ3v) is 6.76. The number of aryl methyl sites for hydroxylation is 2. The molecule has 2 amide bonds. The second-order valence-electron chi connectivity index (χ2n) is 7.51. The van der Waals surface area contributed by atoms with Gasteiger partial charge in [-0.3, -0.25) is 14.5 Å². The summed E-state index contributed by atoms with van der Waals surface area (Å²) in [5, 5.41) is 0.639. The number of hydrogen-bond acceptors (Lipinski definition) is 4. The Kier molecular flexibility index (Phi) is 6.45. The Morgan fingerprint density at radius 2 is 1.97 bits per heavy atom. The number of aromatic nitrogens is 1. The Hall–Kier alpha value is -2.95. The van der Waals surface area contributed by atoms with Crippen molar-refractivity contribution in [2.24, 2.45) is 0 Å². The van der Waals surface area contributed by atoms with Crippen LogP contribution in [0.1, 0.15) is 16.7 Å². The lowest BCUT2D eigenvalue weighted by molar-refractivity contribution is -0.122. The number of nitrogens with zero attached hydrogens (tertiary/aromatic N) is 2. The van der Waals surface area contributed by atoms with Crippen molar-refractivity contribution >= 4 is 55.8 Å². The minimum Gasteiger partial charge on any atom is -0.492 e. The van der Waals surface area contributed by atoms with Crippen molar-refractivity contribution in [3.63, 3.8) is 0 Å². The molecule has 7 heteroatoms. The fourth-order valence-corrected chi connectivity index (χ4v) is 4.72. The summed E-state index contributed by atoms with van der Waals surface area (Å²) in [5.74, 6) is 2.85. The summed E-state index contributed by atoms with van der Waals surface area (Å²) in [4.78, 5) is 26.2. The molecule has 32 heavy (non-hydrogen) atoms. The summed E-state index contributed by atoms with van der Waals surface area (Å²) >= 11 is 4.44. The first-order valence-corrected chi connectivity index (χ1v) is 11.7. The van der Waals surface area contributed by atoms with E-state index in [1.54, 1.807) is 6.08 Å². The van der Waals surface area contributed by atoms with E-state index in [4.69, 9.17) is 11.2 Å².